The summed E-state index contributed by atoms with van der Waals surface area (Å²) in [5.41, 5.74) is 2.08. The monoisotopic (exact) mass is 142 g/mol. The Morgan fingerprint density at radius 1 is 1.50 bits per heavy atom. The Bertz CT molecular complexity index is 142. The van der Waals surface area contributed by atoms with Gasteiger partial charge in [-0.25, -0.2) is 16.4 Å². The van der Waals surface area contributed by atoms with Crippen molar-refractivity contribution >= 4 is 12.6 Å². The Balaban J connectivity index is 4.36. The lowest BCUT2D eigenvalue weighted by molar-refractivity contribution is 0.575. The summed E-state index contributed by atoms with van der Waals surface area (Å²) < 4.78 is 0. The maximum Gasteiger partial charge on any atom is 0.154 e. The van der Waals surface area contributed by atoms with Crippen molar-refractivity contribution in [2.45, 2.75) is 20.8 Å². The molecule has 0 aromatic heterocycles. The summed E-state index contributed by atoms with van der Waals surface area (Å²) in [6.45, 7) is 9.32. The predicted octanol–water partition coefficient (Wildman–Crippen LogP) is 0.510. The van der Waals surface area contributed by atoms with Crippen LogP contribution in [0.15, 0.2) is 10.1 Å². The van der Waals surface area contributed by atoms with Gasteiger partial charge < -0.3 is 0 Å². The zero-order valence-corrected chi connectivity index (χ0v) is 6.68. The van der Waals surface area contributed by atoms with Gasteiger partial charge in [0.2, 0.25) is 0 Å². The van der Waals surface area contributed by atoms with Gasteiger partial charge in [-0.2, -0.15) is 0 Å². The first-order valence-electron chi connectivity index (χ1n) is 3.03. The Morgan fingerprint density at radius 2 is 2.00 bits per heavy atom. The fraction of sp³-hybridized carbons (Fsp3) is 0.667. The van der Waals surface area contributed by atoms with E-state index in [2.05, 4.69) is 22.3 Å². The zero-order chi connectivity index (χ0) is 8.20. The molecule has 0 bridgehead atoms. The maximum atomic E-state index is 4.98. The minimum absolute atomic E-state index is 0.103. The molecule has 0 spiro atoms. The average molecular weight is 142 g/mol. The fourth-order valence-corrected chi connectivity index (χ4v) is 0.501. The number of nitrogens with zero attached hydrogens (tertiary/aromatic N) is 2. The van der Waals surface area contributed by atoms with Gasteiger partial charge in [0.25, 0.3) is 0 Å². The zero-order valence-electron chi connectivity index (χ0n) is 6.68. The molecule has 0 aromatic rings. The van der Waals surface area contributed by atoms with Crippen LogP contribution in [0.2, 0.25) is 0 Å². The molecule has 0 heterocycles. The number of nitrogens with one attached hydrogen (secondary N) is 1. The molecule has 0 atom stereocenters. The Hall–Kier alpha value is -0.900. The van der Waals surface area contributed by atoms with E-state index < -0.39 is 0 Å². The predicted molar refractivity (Wildman–Crippen MR) is 43.8 cm³/mol. The molecular weight excluding hydrogens is 128 g/mol. The number of rotatable bonds is 1. The molecule has 4 heteroatoms. The van der Waals surface area contributed by atoms with Crippen molar-refractivity contribution in [3.05, 3.63) is 0 Å². The smallest absolute Gasteiger partial charge is 0.154 e. The van der Waals surface area contributed by atoms with Gasteiger partial charge in [0, 0.05) is 5.41 Å². The number of hydrazine groups is 1. The van der Waals surface area contributed by atoms with Crippen LogP contribution in [0.1, 0.15) is 20.8 Å². The van der Waals surface area contributed by atoms with Crippen molar-refractivity contribution in [2.75, 3.05) is 0 Å². The van der Waals surface area contributed by atoms with Gasteiger partial charge >= 0.3 is 0 Å². The third-order valence-electron chi connectivity index (χ3n) is 0.991. The van der Waals surface area contributed by atoms with Crippen LogP contribution < -0.4 is 11.4 Å². The molecule has 4 nitrogen and oxygen atoms in total. The topological polar surface area (TPSA) is 62.8 Å². The van der Waals surface area contributed by atoms with E-state index in [1.807, 2.05) is 20.8 Å². The first kappa shape index (κ1) is 9.10. The van der Waals surface area contributed by atoms with Crippen LogP contribution in [0.3, 0.4) is 0 Å². The molecule has 0 fully saturated rings. The quantitative estimate of drug-likeness (QED) is 0.242. The van der Waals surface area contributed by atoms with Crippen LogP contribution >= 0.6 is 0 Å². The molecule has 0 saturated carbocycles. The summed E-state index contributed by atoms with van der Waals surface area (Å²) in [5.74, 6) is 5.58. The molecule has 0 aliphatic rings. The number of hydrogen-bond donors (Lipinski definition) is 2. The second-order valence-corrected chi connectivity index (χ2v) is 2.97. The van der Waals surface area contributed by atoms with Crippen LogP contribution in [-0.4, -0.2) is 12.6 Å². The van der Waals surface area contributed by atoms with Crippen LogP contribution in [-0.2, 0) is 0 Å². The second-order valence-electron chi connectivity index (χ2n) is 2.97. The summed E-state index contributed by atoms with van der Waals surface area (Å²) in [6.07, 6.45) is 0. The standard InChI is InChI=1S/C6H14N4/c1-6(2,3)5(8-4)9-10-7/h10H,4,7H2,1-3H3/b9-5-. The molecule has 10 heavy (non-hydrogen) atoms. The molecular formula is C6H14N4. The van der Waals surface area contributed by atoms with Crippen molar-refractivity contribution < 1.29 is 0 Å². The Kier molecular flexibility index (Phi) is 3.02. The van der Waals surface area contributed by atoms with Gasteiger partial charge in [-0.1, -0.05) is 20.8 Å². The van der Waals surface area contributed by atoms with E-state index in [-0.39, 0.29) is 5.41 Å². The second kappa shape index (κ2) is 3.31. The fourth-order valence-electron chi connectivity index (χ4n) is 0.501. The highest BCUT2D eigenvalue weighted by Gasteiger charge is 2.17. The van der Waals surface area contributed by atoms with E-state index >= 15 is 0 Å². The summed E-state index contributed by atoms with van der Waals surface area (Å²) in [5, 5.41) is 3.73. The molecule has 0 amide bonds. The largest absolute Gasteiger partial charge is 0.247 e. The molecule has 0 radical (unpaired) electrons. The Morgan fingerprint density at radius 3 is 2.10 bits per heavy atom. The highest BCUT2D eigenvalue weighted by Crippen LogP contribution is 2.15. The van der Waals surface area contributed by atoms with Crippen molar-refractivity contribution in [3.8, 4) is 0 Å². The van der Waals surface area contributed by atoms with Crippen molar-refractivity contribution in [1.82, 2.24) is 5.53 Å². The van der Waals surface area contributed by atoms with E-state index in [1.54, 1.807) is 0 Å². The average Bonchev–Trinajstić information content (AvgIpc) is 1.80. The van der Waals surface area contributed by atoms with Gasteiger partial charge in [0.1, 0.15) is 0 Å². The third-order valence-corrected chi connectivity index (χ3v) is 0.991. The van der Waals surface area contributed by atoms with Crippen LogP contribution in [0.4, 0.5) is 0 Å². The number of hydrogen-bond acceptors (Lipinski definition) is 3. The van der Waals surface area contributed by atoms with E-state index in [4.69, 9.17) is 5.84 Å². The first-order valence-corrected chi connectivity index (χ1v) is 3.03. The van der Waals surface area contributed by atoms with Crippen LogP contribution in [0.5, 0.6) is 0 Å². The van der Waals surface area contributed by atoms with Gasteiger partial charge in [-0.15, -0.1) is 5.10 Å². The minimum Gasteiger partial charge on any atom is -0.247 e. The summed E-state index contributed by atoms with van der Waals surface area (Å²) in [6, 6.07) is 0. The van der Waals surface area contributed by atoms with E-state index in [0.717, 1.165) is 0 Å². The third kappa shape index (κ3) is 2.59. The van der Waals surface area contributed by atoms with E-state index in [1.165, 1.54) is 0 Å². The maximum absolute atomic E-state index is 4.98. The number of aliphatic imine (C=N–C) groups is 1. The molecule has 0 aliphatic heterocycles. The first-order chi connectivity index (χ1) is 4.52. The van der Waals surface area contributed by atoms with Gasteiger partial charge in [-0.3, -0.25) is 0 Å². The molecule has 0 rings (SSSR count). The number of nitrogens with two attached hydrogens (primary N) is 1. The molecule has 0 unspecified atom stereocenters. The van der Waals surface area contributed by atoms with Crippen LogP contribution in [0, 0.1) is 5.41 Å². The summed E-state index contributed by atoms with van der Waals surface area (Å²) in [4.78, 5) is 3.71. The number of amidine groups is 1. The highest BCUT2D eigenvalue weighted by atomic mass is 15.5. The molecule has 0 aliphatic carbocycles. The normalized spacial score (nSPS) is 13.0. The lowest BCUT2D eigenvalue weighted by Crippen LogP contribution is -2.24. The van der Waals surface area contributed by atoms with Crippen LogP contribution in [0.25, 0.3) is 0 Å². The number of hydrazone groups is 1. The SMILES string of the molecule is C=N/C(=N\NN)C(C)(C)C. The van der Waals surface area contributed by atoms with Gasteiger partial charge in [-0.05, 0) is 6.72 Å². The van der Waals surface area contributed by atoms with Crippen molar-refractivity contribution in [2.24, 2.45) is 21.4 Å². The summed E-state index contributed by atoms with van der Waals surface area (Å²) >= 11 is 0. The Labute approximate surface area is 61.2 Å². The van der Waals surface area contributed by atoms with Gasteiger partial charge in [0.05, 0.1) is 0 Å². The van der Waals surface area contributed by atoms with Crippen molar-refractivity contribution in [3.63, 3.8) is 0 Å². The van der Waals surface area contributed by atoms with Crippen molar-refractivity contribution in [1.29, 1.82) is 0 Å². The summed E-state index contributed by atoms with van der Waals surface area (Å²) in [7, 11) is 0. The molecule has 58 valence electrons. The minimum atomic E-state index is -0.103. The van der Waals surface area contributed by atoms with E-state index in [0.29, 0.717) is 5.84 Å². The van der Waals surface area contributed by atoms with Gasteiger partial charge in [0.15, 0.2) is 5.84 Å². The molecule has 0 saturated heterocycles. The lowest BCUT2D eigenvalue weighted by atomic mass is 9.95. The van der Waals surface area contributed by atoms with E-state index in [9.17, 15) is 0 Å². The molecule has 3 N–H and O–H groups in total. The molecule has 0 aromatic carbocycles. The lowest BCUT2D eigenvalue weighted by Gasteiger charge is -2.16. The highest BCUT2D eigenvalue weighted by molar-refractivity contribution is 5.90.